The summed E-state index contributed by atoms with van der Waals surface area (Å²) >= 11 is 0. The molecule has 0 aromatic heterocycles. The molecule has 1 aliphatic rings. The van der Waals surface area contributed by atoms with Crippen LogP contribution in [0.1, 0.15) is 40.5 Å². The fourth-order valence-corrected chi connectivity index (χ4v) is 2.28. The number of nitrogens with zero attached hydrogens (tertiary/aromatic N) is 1. The Morgan fingerprint density at radius 3 is 2.31 bits per heavy atom. The van der Waals surface area contributed by atoms with Crippen molar-refractivity contribution in [1.82, 2.24) is 5.32 Å². The van der Waals surface area contributed by atoms with Gasteiger partial charge >= 0.3 is 0 Å². The highest BCUT2D eigenvalue weighted by molar-refractivity contribution is 5.08. The summed E-state index contributed by atoms with van der Waals surface area (Å²) in [5, 5.41) is 12.7. The van der Waals surface area contributed by atoms with Crippen LogP contribution in [-0.4, -0.2) is 12.1 Å². The number of nitriles is 1. The Kier molecular flexibility index (Phi) is 2.68. The van der Waals surface area contributed by atoms with E-state index in [1.165, 1.54) is 0 Å². The molecule has 0 spiro atoms. The predicted octanol–water partition coefficient (Wildman–Crippen LogP) is 2.31. The minimum absolute atomic E-state index is 0.102. The summed E-state index contributed by atoms with van der Waals surface area (Å²) in [6, 6.07) is 2.53. The minimum atomic E-state index is -0.102. The lowest BCUT2D eigenvalue weighted by Crippen LogP contribution is -2.51. The Balaban J connectivity index is 2.84. The van der Waals surface area contributed by atoms with Crippen LogP contribution in [0.5, 0.6) is 0 Å². The van der Waals surface area contributed by atoms with Gasteiger partial charge in [-0.25, -0.2) is 0 Å². The van der Waals surface area contributed by atoms with Crippen LogP contribution >= 0.6 is 0 Å². The second kappa shape index (κ2) is 3.31. The molecule has 1 saturated heterocycles. The first-order valence-corrected chi connectivity index (χ1v) is 5.08. The van der Waals surface area contributed by atoms with E-state index in [0.29, 0.717) is 5.92 Å². The predicted molar refractivity (Wildman–Crippen MR) is 54.2 cm³/mol. The molecule has 0 amide bonds. The fourth-order valence-electron chi connectivity index (χ4n) is 2.28. The van der Waals surface area contributed by atoms with Crippen molar-refractivity contribution in [3.05, 3.63) is 0 Å². The van der Waals surface area contributed by atoms with E-state index in [-0.39, 0.29) is 11.0 Å². The molecular formula is C11H20N2. The van der Waals surface area contributed by atoms with Crippen LogP contribution in [0.4, 0.5) is 0 Å². The number of hydrogen-bond acceptors (Lipinski definition) is 2. The van der Waals surface area contributed by atoms with Crippen LogP contribution in [-0.2, 0) is 0 Å². The van der Waals surface area contributed by atoms with E-state index in [4.69, 9.17) is 0 Å². The summed E-state index contributed by atoms with van der Waals surface area (Å²) in [6.07, 6.45) is 1.96. The molecule has 0 bridgehead atoms. The Labute approximate surface area is 81.3 Å². The summed E-state index contributed by atoms with van der Waals surface area (Å²) in [5.74, 6) is 0.457. The molecule has 1 N–H and O–H groups in total. The minimum Gasteiger partial charge on any atom is -0.312 e. The second-order valence-corrected chi connectivity index (χ2v) is 5.16. The Morgan fingerprint density at radius 1 is 1.38 bits per heavy atom. The average Bonchev–Trinajstić information content (AvgIpc) is 2.02. The lowest BCUT2D eigenvalue weighted by Gasteiger charge is -2.43. The summed E-state index contributed by atoms with van der Waals surface area (Å²) < 4.78 is 0. The number of rotatable bonds is 1. The van der Waals surface area contributed by atoms with Crippen LogP contribution in [0, 0.1) is 22.7 Å². The summed E-state index contributed by atoms with van der Waals surface area (Å²) in [4.78, 5) is 0. The Bertz CT molecular complexity index is 225. The third-order valence-electron chi connectivity index (χ3n) is 3.26. The van der Waals surface area contributed by atoms with Crippen molar-refractivity contribution in [1.29, 1.82) is 5.26 Å². The molecule has 74 valence electrons. The van der Waals surface area contributed by atoms with Crippen molar-refractivity contribution in [2.75, 3.05) is 6.54 Å². The first-order chi connectivity index (χ1) is 5.92. The first kappa shape index (κ1) is 10.5. The van der Waals surface area contributed by atoms with Gasteiger partial charge in [-0.1, -0.05) is 13.8 Å². The van der Waals surface area contributed by atoms with Crippen molar-refractivity contribution in [3.8, 4) is 6.07 Å². The quantitative estimate of drug-likeness (QED) is 0.672. The third kappa shape index (κ3) is 2.03. The van der Waals surface area contributed by atoms with Gasteiger partial charge in [0.15, 0.2) is 0 Å². The van der Waals surface area contributed by atoms with Crippen LogP contribution in [0.15, 0.2) is 0 Å². The van der Waals surface area contributed by atoms with E-state index < -0.39 is 0 Å². The summed E-state index contributed by atoms with van der Waals surface area (Å²) in [7, 11) is 0. The lowest BCUT2D eigenvalue weighted by atomic mass is 9.66. The Hall–Kier alpha value is -0.550. The van der Waals surface area contributed by atoms with Crippen LogP contribution < -0.4 is 5.32 Å². The van der Waals surface area contributed by atoms with Gasteiger partial charge in [0.2, 0.25) is 0 Å². The standard InChI is InChI=1S/C11H20N2/c1-9(2)11(8-12)5-6-13-10(3,4)7-11/h9,13H,5-7H2,1-4H3. The monoisotopic (exact) mass is 180 g/mol. The first-order valence-electron chi connectivity index (χ1n) is 5.08. The zero-order chi connectivity index (χ0) is 10.1. The molecule has 1 rings (SSSR count). The van der Waals surface area contributed by atoms with Gasteiger partial charge in [-0.2, -0.15) is 5.26 Å². The molecule has 1 aliphatic heterocycles. The smallest absolute Gasteiger partial charge is 0.0693 e. The Morgan fingerprint density at radius 2 is 2.00 bits per heavy atom. The van der Waals surface area contributed by atoms with Crippen molar-refractivity contribution >= 4 is 0 Å². The maximum Gasteiger partial charge on any atom is 0.0693 e. The van der Waals surface area contributed by atoms with E-state index in [0.717, 1.165) is 19.4 Å². The molecule has 1 heterocycles. The molecule has 0 radical (unpaired) electrons. The topological polar surface area (TPSA) is 35.8 Å². The van der Waals surface area contributed by atoms with E-state index >= 15 is 0 Å². The zero-order valence-electron chi connectivity index (χ0n) is 9.15. The van der Waals surface area contributed by atoms with E-state index in [2.05, 4.69) is 39.1 Å². The van der Waals surface area contributed by atoms with Crippen molar-refractivity contribution in [2.45, 2.75) is 46.1 Å². The third-order valence-corrected chi connectivity index (χ3v) is 3.26. The molecular weight excluding hydrogens is 160 g/mol. The van der Waals surface area contributed by atoms with Crippen LogP contribution in [0.3, 0.4) is 0 Å². The molecule has 1 unspecified atom stereocenters. The van der Waals surface area contributed by atoms with Crippen LogP contribution in [0.25, 0.3) is 0 Å². The number of piperidine rings is 1. The number of hydrogen-bond donors (Lipinski definition) is 1. The fraction of sp³-hybridized carbons (Fsp3) is 0.909. The maximum atomic E-state index is 9.27. The van der Waals surface area contributed by atoms with Gasteiger partial charge in [-0.3, -0.25) is 0 Å². The SMILES string of the molecule is CC(C)C1(C#N)CCNC(C)(C)C1. The largest absolute Gasteiger partial charge is 0.312 e. The highest BCUT2D eigenvalue weighted by atomic mass is 15.0. The molecule has 1 fully saturated rings. The van der Waals surface area contributed by atoms with Gasteiger partial charge < -0.3 is 5.32 Å². The second-order valence-electron chi connectivity index (χ2n) is 5.16. The van der Waals surface area contributed by atoms with E-state index in [1.54, 1.807) is 0 Å². The van der Waals surface area contributed by atoms with Crippen molar-refractivity contribution < 1.29 is 0 Å². The average molecular weight is 180 g/mol. The molecule has 0 aromatic carbocycles. The molecule has 0 aromatic rings. The highest BCUT2D eigenvalue weighted by Crippen LogP contribution is 2.41. The van der Waals surface area contributed by atoms with Gasteiger partial charge in [-0.15, -0.1) is 0 Å². The van der Waals surface area contributed by atoms with E-state index in [9.17, 15) is 5.26 Å². The van der Waals surface area contributed by atoms with Crippen molar-refractivity contribution in [3.63, 3.8) is 0 Å². The highest BCUT2D eigenvalue weighted by Gasteiger charge is 2.42. The molecule has 0 saturated carbocycles. The molecule has 1 atom stereocenters. The van der Waals surface area contributed by atoms with Gasteiger partial charge in [0.05, 0.1) is 11.5 Å². The zero-order valence-corrected chi connectivity index (χ0v) is 9.15. The lowest BCUT2D eigenvalue weighted by molar-refractivity contribution is 0.125. The normalized spacial score (nSPS) is 32.9. The molecule has 0 aliphatic carbocycles. The van der Waals surface area contributed by atoms with Crippen molar-refractivity contribution in [2.24, 2.45) is 11.3 Å². The van der Waals surface area contributed by atoms with Gasteiger partial charge in [0.1, 0.15) is 0 Å². The van der Waals surface area contributed by atoms with Gasteiger partial charge in [0.25, 0.3) is 0 Å². The van der Waals surface area contributed by atoms with Gasteiger partial charge in [0, 0.05) is 5.54 Å². The maximum absolute atomic E-state index is 9.27. The number of nitrogens with one attached hydrogen (secondary N) is 1. The molecule has 2 heteroatoms. The molecule has 2 nitrogen and oxygen atoms in total. The summed E-state index contributed by atoms with van der Waals surface area (Å²) in [6.45, 7) is 9.65. The van der Waals surface area contributed by atoms with Crippen LogP contribution in [0.2, 0.25) is 0 Å². The van der Waals surface area contributed by atoms with E-state index in [1.807, 2.05) is 0 Å². The summed E-state index contributed by atoms with van der Waals surface area (Å²) in [5.41, 5.74) is 0.0208. The molecule has 13 heavy (non-hydrogen) atoms. The van der Waals surface area contributed by atoms with Gasteiger partial charge in [-0.05, 0) is 39.2 Å².